The van der Waals surface area contributed by atoms with Crippen molar-refractivity contribution in [2.45, 2.75) is 25.4 Å². The number of carbonyl (C=O) groups is 1. The van der Waals surface area contributed by atoms with Crippen LogP contribution in [0.15, 0.2) is 30.6 Å². The van der Waals surface area contributed by atoms with Gasteiger partial charge in [0, 0.05) is 37.0 Å². The van der Waals surface area contributed by atoms with Crippen molar-refractivity contribution in [2.75, 3.05) is 0 Å². The van der Waals surface area contributed by atoms with Crippen LogP contribution in [0.3, 0.4) is 0 Å². The molecule has 2 aromatic rings. The highest BCUT2D eigenvalue weighted by molar-refractivity contribution is 6.33. The lowest BCUT2D eigenvalue weighted by Crippen LogP contribution is -2.29. The van der Waals surface area contributed by atoms with Gasteiger partial charge < -0.3 is 9.88 Å². The SMILES string of the molecule is O=C1CCC(Cn2ccnc2-c2cc(F)ccc2Cl)N1. The fraction of sp³-hybridized carbons (Fsp3) is 0.286. The zero-order valence-corrected chi connectivity index (χ0v) is 11.4. The van der Waals surface area contributed by atoms with Crippen LogP contribution in [0.1, 0.15) is 12.8 Å². The molecule has 4 nitrogen and oxygen atoms in total. The zero-order chi connectivity index (χ0) is 14.1. The number of hydrogen-bond acceptors (Lipinski definition) is 2. The monoisotopic (exact) mass is 293 g/mol. The highest BCUT2D eigenvalue weighted by atomic mass is 35.5. The fourth-order valence-corrected chi connectivity index (χ4v) is 2.62. The molecule has 1 aromatic heterocycles. The molecule has 0 radical (unpaired) electrons. The van der Waals surface area contributed by atoms with E-state index in [4.69, 9.17) is 11.6 Å². The van der Waals surface area contributed by atoms with Crippen LogP contribution in [0, 0.1) is 5.82 Å². The molecule has 1 aliphatic rings. The summed E-state index contributed by atoms with van der Waals surface area (Å²) in [6.07, 6.45) is 4.80. The van der Waals surface area contributed by atoms with E-state index >= 15 is 0 Å². The number of imidazole rings is 1. The van der Waals surface area contributed by atoms with Crippen molar-refractivity contribution in [1.29, 1.82) is 0 Å². The fourth-order valence-electron chi connectivity index (χ4n) is 2.42. The first-order valence-electron chi connectivity index (χ1n) is 6.39. The third kappa shape index (κ3) is 2.54. The lowest BCUT2D eigenvalue weighted by atomic mass is 10.2. The average Bonchev–Trinajstić information content (AvgIpc) is 3.02. The maximum atomic E-state index is 13.4. The zero-order valence-electron chi connectivity index (χ0n) is 10.6. The Morgan fingerprint density at radius 2 is 2.35 bits per heavy atom. The van der Waals surface area contributed by atoms with Gasteiger partial charge in [0.1, 0.15) is 11.6 Å². The Morgan fingerprint density at radius 3 is 3.10 bits per heavy atom. The van der Waals surface area contributed by atoms with E-state index in [1.165, 1.54) is 18.2 Å². The number of amides is 1. The van der Waals surface area contributed by atoms with E-state index < -0.39 is 0 Å². The van der Waals surface area contributed by atoms with Crippen molar-refractivity contribution in [3.8, 4) is 11.4 Å². The standard InChI is InChI=1S/C14H13ClFN3O/c15-12-3-1-9(16)7-11(12)14-17-5-6-19(14)8-10-2-4-13(20)18-10/h1,3,5-7,10H,2,4,8H2,(H,18,20). The first-order valence-corrected chi connectivity index (χ1v) is 6.77. The molecular weight excluding hydrogens is 281 g/mol. The molecule has 1 unspecified atom stereocenters. The Morgan fingerprint density at radius 1 is 1.50 bits per heavy atom. The van der Waals surface area contributed by atoms with E-state index in [0.29, 0.717) is 29.4 Å². The van der Waals surface area contributed by atoms with Crippen LogP contribution < -0.4 is 5.32 Å². The lowest BCUT2D eigenvalue weighted by Gasteiger charge is -2.14. The van der Waals surface area contributed by atoms with E-state index in [1.807, 2.05) is 4.57 Å². The van der Waals surface area contributed by atoms with E-state index in [1.54, 1.807) is 12.4 Å². The lowest BCUT2D eigenvalue weighted by molar-refractivity contribution is -0.119. The highest BCUT2D eigenvalue weighted by Crippen LogP contribution is 2.27. The second-order valence-electron chi connectivity index (χ2n) is 4.83. The highest BCUT2D eigenvalue weighted by Gasteiger charge is 2.22. The van der Waals surface area contributed by atoms with Gasteiger partial charge in [-0.3, -0.25) is 4.79 Å². The molecule has 6 heteroatoms. The van der Waals surface area contributed by atoms with Crippen LogP contribution in [-0.4, -0.2) is 21.5 Å². The third-order valence-electron chi connectivity index (χ3n) is 3.39. The summed E-state index contributed by atoms with van der Waals surface area (Å²) in [7, 11) is 0. The molecule has 1 fully saturated rings. The number of rotatable bonds is 3. The van der Waals surface area contributed by atoms with Gasteiger partial charge >= 0.3 is 0 Å². The molecule has 1 atom stereocenters. The molecule has 1 saturated heterocycles. The summed E-state index contributed by atoms with van der Waals surface area (Å²) in [6, 6.07) is 4.29. The van der Waals surface area contributed by atoms with Crippen molar-refractivity contribution >= 4 is 17.5 Å². The molecule has 0 saturated carbocycles. The number of aromatic nitrogens is 2. The molecule has 3 rings (SSSR count). The van der Waals surface area contributed by atoms with Crippen LogP contribution in [0.25, 0.3) is 11.4 Å². The van der Waals surface area contributed by atoms with Crippen molar-refractivity contribution < 1.29 is 9.18 Å². The average molecular weight is 294 g/mol. The summed E-state index contributed by atoms with van der Waals surface area (Å²) in [6.45, 7) is 0.605. The molecule has 1 aromatic carbocycles. The Kier molecular flexibility index (Phi) is 3.44. The molecule has 0 spiro atoms. The predicted octanol–water partition coefficient (Wildman–Crippen LogP) is 2.62. The van der Waals surface area contributed by atoms with Gasteiger partial charge in [-0.2, -0.15) is 0 Å². The molecule has 2 heterocycles. The normalized spacial score (nSPS) is 18.3. The van der Waals surface area contributed by atoms with E-state index in [2.05, 4.69) is 10.3 Å². The molecule has 0 bridgehead atoms. The molecule has 1 amide bonds. The van der Waals surface area contributed by atoms with Crippen LogP contribution in [0.2, 0.25) is 5.02 Å². The van der Waals surface area contributed by atoms with E-state index in [0.717, 1.165) is 6.42 Å². The molecule has 1 N–H and O–H groups in total. The Balaban J connectivity index is 1.90. The number of hydrogen-bond donors (Lipinski definition) is 1. The van der Waals surface area contributed by atoms with Crippen LogP contribution >= 0.6 is 11.6 Å². The predicted molar refractivity (Wildman–Crippen MR) is 73.8 cm³/mol. The maximum Gasteiger partial charge on any atom is 0.220 e. The van der Waals surface area contributed by atoms with Gasteiger partial charge in [0.2, 0.25) is 5.91 Å². The van der Waals surface area contributed by atoms with Crippen molar-refractivity contribution in [3.63, 3.8) is 0 Å². The minimum Gasteiger partial charge on any atom is -0.352 e. The number of carbonyl (C=O) groups excluding carboxylic acids is 1. The Labute approximate surface area is 120 Å². The topological polar surface area (TPSA) is 46.9 Å². The summed E-state index contributed by atoms with van der Waals surface area (Å²) in [5.74, 6) is 0.323. The van der Waals surface area contributed by atoms with Gasteiger partial charge in [-0.1, -0.05) is 11.6 Å². The first kappa shape index (κ1) is 13.1. The molecule has 1 aliphatic heterocycles. The number of benzene rings is 1. The van der Waals surface area contributed by atoms with Gasteiger partial charge in [-0.15, -0.1) is 0 Å². The minimum atomic E-state index is -0.354. The van der Waals surface area contributed by atoms with Crippen LogP contribution in [0.5, 0.6) is 0 Å². The smallest absolute Gasteiger partial charge is 0.220 e. The molecule has 104 valence electrons. The Hall–Kier alpha value is -1.88. The minimum absolute atomic E-state index is 0.0699. The second-order valence-corrected chi connectivity index (χ2v) is 5.24. The number of nitrogens with zero attached hydrogens (tertiary/aromatic N) is 2. The van der Waals surface area contributed by atoms with Crippen LogP contribution in [0.4, 0.5) is 4.39 Å². The summed E-state index contributed by atoms with van der Waals surface area (Å²) < 4.78 is 15.3. The van der Waals surface area contributed by atoms with Gasteiger partial charge in [0.05, 0.1) is 5.02 Å². The van der Waals surface area contributed by atoms with Gasteiger partial charge in [0.25, 0.3) is 0 Å². The van der Waals surface area contributed by atoms with E-state index in [-0.39, 0.29) is 17.8 Å². The van der Waals surface area contributed by atoms with Gasteiger partial charge in [-0.25, -0.2) is 9.37 Å². The molecule has 20 heavy (non-hydrogen) atoms. The van der Waals surface area contributed by atoms with Crippen molar-refractivity contribution in [2.24, 2.45) is 0 Å². The summed E-state index contributed by atoms with van der Waals surface area (Å²) in [4.78, 5) is 15.5. The molecular formula is C14H13ClFN3O. The molecule has 0 aliphatic carbocycles. The van der Waals surface area contributed by atoms with Crippen LogP contribution in [-0.2, 0) is 11.3 Å². The summed E-state index contributed by atoms with van der Waals surface area (Å²) in [5.41, 5.74) is 0.556. The third-order valence-corrected chi connectivity index (χ3v) is 3.72. The Bertz CT molecular complexity index is 656. The maximum absolute atomic E-state index is 13.4. The largest absolute Gasteiger partial charge is 0.352 e. The summed E-state index contributed by atoms with van der Waals surface area (Å²) >= 11 is 6.11. The van der Waals surface area contributed by atoms with E-state index in [9.17, 15) is 9.18 Å². The van der Waals surface area contributed by atoms with Crippen molar-refractivity contribution in [3.05, 3.63) is 41.4 Å². The van der Waals surface area contributed by atoms with Gasteiger partial charge in [-0.05, 0) is 24.6 Å². The quantitative estimate of drug-likeness (QED) is 0.945. The van der Waals surface area contributed by atoms with Gasteiger partial charge in [0.15, 0.2) is 0 Å². The number of halogens is 2. The van der Waals surface area contributed by atoms with Crippen molar-refractivity contribution in [1.82, 2.24) is 14.9 Å². The summed E-state index contributed by atoms with van der Waals surface area (Å²) in [5, 5.41) is 3.36. The first-order chi connectivity index (χ1) is 9.63. The second kappa shape index (κ2) is 5.25. The number of nitrogens with one attached hydrogen (secondary N) is 1.